The smallest absolute Gasteiger partial charge is 0.339 e. The molecule has 0 heterocycles. The lowest BCUT2D eigenvalue weighted by atomic mass is 9.96. The van der Waals surface area contributed by atoms with Gasteiger partial charge in [0.25, 0.3) is 5.91 Å². The van der Waals surface area contributed by atoms with Gasteiger partial charge in [0.05, 0.1) is 24.7 Å². The van der Waals surface area contributed by atoms with Gasteiger partial charge in [-0.05, 0) is 68.3 Å². The summed E-state index contributed by atoms with van der Waals surface area (Å²) >= 11 is 0. The molecular formula is C29H28N2O5. The van der Waals surface area contributed by atoms with E-state index in [1.165, 1.54) is 11.0 Å². The number of hydrogen-bond donors (Lipinski definition) is 0. The molecule has 3 rings (SSSR count). The number of rotatable bonds is 10. The van der Waals surface area contributed by atoms with Crippen LogP contribution in [0.5, 0.6) is 5.75 Å². The van der Waals surface area contributed by atoms with Crippen molar-refractivity contribution in [1.29, 1.82) is 5.26 Å². The van der Waals surface area contributed by atoms with Gasteiger partial charge in [0.1, 0.15) is 5.75 Å². The number of anilines is 1. The number of ether oxygens (including phenoxy) is 2. The van der Waals surface area contributed by atoms with Crippen molar-refractivity contribution in [2.75, 3.05) is 24.7 Å². The van der Waals surface area contributed by atoms with Crippen molar-refractivity contribution in [2.45, 2.75) is 27.2 Å². The molecule has 0 fully saturated rings. The predicted octanol–water partition coefficient (Wildman–Crippen LogP) is 5.04. The first-order valence-electron chi connectivity index (χ1n) is 11.6. The molecule has 3 aromatic carbocycles. The Morgan fingerprint density at radius 3 is 2.25 bits per heavy atom. The van der Waals surface area contributed by atoms with Gasteiger partial charge in [-0.15, -0.1) is 0 Å². The molecule has 184 valence electrons. The predicted molar refractivity (Wildman–Crippen MR) is 136 cm³/mol. The van der Waals surface area contributed by atoms with Gasteiger partial charge in [0.15, 0.2) is 12.4 Å². The van der Waals surface area contributed by atoms with E-state index in [0.29, 0.717) is 23.6 Å². The summed E-state index contributed by atoms with van der Waals surface area (Å²) in [5, 5.41) is 9.01. The molecule has 7 nitrogen and oxygen atoms in total. The third-order valence-corrected chi connectivity index (χ3v) is 5.70. The van der Waals surface area contributed by atoms with Crippen molar-refractivity contribution in [3.8, 4) is 11.8 Å². The van der Waals surface area contributed by atoms with Gasteiger partial charge in [0, 0.05) is 23.4 Å². The van der Waals surface area contributed by atoms with Crippen LogP contribution in [0.15, 0.2) is 66.7 Å². The fourth-order valence-corrected chi connectivity index (χ4v) is 3.63. The molecule has 3 aromatic rings. The minimum atomic E-state index is -0.775. The van der Waals surface area contributed by atoms with E-state index in [4.69, 9.17) is 14.7 Å². The molecule has 1 amide bonds. The summed E-state index contributed by atoms with van der Waals surface area (Å²) < 4.78 is 10.7. The maximum absolute atomic E-state index is 13.1. The number of carbonyl (C=O) groups excluding carboxylic acids is 3. The Morgan fingerprint density at radius 1 is 0.917 bits per heavy atom. The average molecular weight is 485 g/mol. The highest BCUT2D eigenvalue weighted by Crippen LogP contribution is 2.21. The average Bonchev–Trinajstić information content (AvgIpc) is 2.89. The van der Waals surface area contributed by atoms with Gasteiger partial charge in [-0.2, -0.15) is 5.26 Å². The zero-order chi connectivity index (χ0) is 26.1. The summed E-state index contributed by atoms with van der Waals surface area (Å²) in [6.07, 6.45) is 0.111. The molecule has 0 aromatic heterocycles. The molecule has 0 aliphatic carbocycles. The van der Waals surface area contributed by atoms with Gasteiger partial charge in [-0.25, -0.2) is 4.79 Å². The van der Waals surface area contributed by atoms with Crippen LogP contribution in [0.4, 0.5) is 5.69 Å². The Bertz CT molecular complexity index is 1290. The van der Waals surface area contributed by atoms with E-state index < -0.39 is 18.5 Å². The van der Waals surface area contributed by atoms with Gasteiger partial charge in [-0.3, -0.25) is 9.59 Å². The largest absolute Gasteiger partial charge is 0.494 e. The number of nitriles is 1. The number of hydrogen-bond acceptors (Lipinski definition) is 6. The van der Waals surface area contributed by atoms with Crippen LogP contribution in [0.2, 0.25) is 0 Å². The summed E-state index contributed by atoms with van der Waals surface area (Å²) in [6.45, 7) is 5.87. The first-order chi connectivity index (χ1) is 17.3. The maximum Gasteiger partial charge on any atom is 0.339 e. The first kappa shape index (κ1) is 26.2. The zero-order valence-electron chi connectivity index (χ0n) is 20.6. The van der Waals surface area contributed by atoms with Crippen molar-refractivity contribution in [3.05, 3.63) is 94.5 Å². The summed E-state index contributed by atoms with van der Waals surface area (Å²) in [7, 11) is 0. The third-order valence-electron chi connectivity index (χ3n) is 5.70. The lowest BCUT2D eigenvalue weighted by molar-refractivity contribution is -0.121. The Hall–Kier alpha value is -4.44. The quantitative estimate of drug-likeness (QED) is 0.296. The molecule has 0 N–H and O–H groups in total. The highest BCUT2D eigenvalue weighted by atomic mass is 16.5. The van der Waals surface area contributed by atoms with Crippen molar-refractivity contribution < 1.29 is 23.9 Å². The van der Waals surface area contributed by atoms with Crippen LogP contribution in [0.25, 0.3) is 0 Å². The van der Waals surface area contributed by atoms with Gasteiger partial charge in [0.2, 0.25) is 0 Å². The number of amides is 1. The van der Waals surface area contributed by atoms with Crippen molar-refractivity contribution >= 4 is 23.3 Å². The molecule has 0 radical (unpaired) electrons. The molecule has 0 unspecified atom stereocenters. The number of aryl methyl sites for hydroxylation is 2. The van der Waals surface area contributed by atoms with Crippen molar-refractivity contribution in [3.63, 3.8) is 0 Å². The highest BCUT2D eigenvalue weighted by molar-refractivity contribution is 6.14. The number of carbonyl (C=O) groups is 3. The number of benzene rings is 3. The third kappa shape index (κ3) is 6.36. The Kier molecular flexibility index (Phi) is 8.95. The molecule has 0 spiro atoms. The Labute approximate surface area is 210 Å². The standard InChI is InChI=1S/C29H28N2O5/c1-4-35-24-14-12-23(13-15-24)31(17-7-16-30)27(32)19-36-29(34)26-9-6-5-8-25(26)28(33)22-11-10-20(2)21(3)18-22/h5-6,8-15,18H,4,7,17,19H2,1-3H3. The monoisotopic (exact) mass is 484 g/mol. The van der Waals surface area contributed by atoms with Crippen molar-refractivity contribution in [1.82, 2.24) is 0 Å². The number of esters is 1. The summed E-state index contributed by atoms with van der Waals surface area (Å²) in [6, 6.07) is 20.6. The fraction of sp³-hybridized carbons (Fsp3) is 0.241. The van der Waals surface area contributed by atoms with E-state index >= 15 is 0 Å². The maximum atomic E-state index is 13.1. The van der Waals surface area contributed by atoms with Gasteiger partial charge < -0.3 is 14.4 Å². The second-order valence-corrected chi connectivity index (χ2v) is 8.13. The van der Waals surface area contributed by atoms with E-state index in [1.54, 1.807) is 54.6 Å². The van der Waals surface area contributed by atoms with Crippen LogP contribution in [-0.2, 0) is 9.53 Å². The Balaban J connectivity index is 1.75. The molecule has 0 saturated heterocycles. The molecule has 7 heteroatoms. The fourth-order valence-electron chi connectivity index (χ4n) is 3.63. The second kappa shape index (κ2) is 12.3. The van der Waals surface area contributed by atoms with Crippen molar-refractivity contribution in [2.24, 2.45) is 0 Å². The number of nitrogens with zero attached hydrogens (tertiary/aromatic N) is 2. The van der Waals surface area contributed by atoms with Crippen LogP contribution in [-0.4, -0.2) is 37.4 Å². The first-order valence-corrected chi connectivity index (χ1v) is 11.6. The summed E-state index contributed by atoms with van der Waals surface area (Å²) in [5.74, 6) is -0.906. The highest BCUT2D eigenvalue weighted by Gasteiger charge is 2.22. The molecular weight excluding hydrogens is 456 g/mol. The molecule has 0 bridgehead atoms. The second-order valence-electron chi connectivity index (χ2n) is 8.13. The van der Waals surface area contributed by atoms with Crippen LogP contribution in [0, 0.1) is 25.2 Å². The molecule has 0 aliphatic heterocycles. The van der Waals surface area contributed by atoms with E-state index in [0.717, 1.165) is 11.1 Å². The summed E-state index contributed by atoms with van der Waals surface area (Å²) in [4.78, 5) is 40.4. The minimum absolute atomic E-state index is 0.0816. The van der Waals surface area contributed by atoms with E-state index in [1.807, 2.05) is 32.9 Å². The van der Waals surface area contributed by atoms with E-state index in [-0.39, 0.29) is 29.9 Å². The zero-order valence-corrected chi connectivity index (χ0v) is 20.6. The van der Waals surface area contributed by atoms with Gasteiger partial charge >= 0.3 is 5.97 Å². The molecule has 0 saturated carbocycles. The lowest BCUT2D eigenvalue weighted by Crippen LogP contribution is -2.35. The number of ketones is 1. The topological polar surface area (TPSA) is 96.7 Å². The van der Waals surface area contributed by atoms with Gasteiger partial charge in [-0.1, -0.05) is 30.3 Å². The van der Waals surface area contributed by atoms with E-state index in [2.05, 4.69) is 0 Å². The normalized spacial score (nSPS) is 10.3. The summed E-state index contributed by atoms with van der Waals surface area (Å²) in [5.41, 5.74) is 3.33. The molecule has 0 atom stereocenters. The molecule has 0 aliphatic rings. The Morgan fingerprint density at radius 2 is 1.61 bits per heavy atom. The molecule has 36 heavy (non-hydrogen) atoms. The SMILES string of the molecule is CCOc1ccc(N(CCC#N)C(=O)COC(=O)c2ccccc2C(=O)c2ccc(C)c(C)c2)cc1. The van der Waals surface area contributed by atoms with Crippen LogP contribution < -0.4 is 9.64 Å². The van der Waals surface area contributed by atoms with Crippen LogP contribution in [0.1, 0.15) is 50.8 Å². The van der Waals surface area contributed by atoms with Crippen LogP contribution in [0.3, 0.4) is 0 Å². The minimum Gasteiger partial charge on any atom is -0.494 e. The lowest BCUT2D eigenvalue weighted by Gasteiger charge is -2.22. The van der Waals surface area contributed by atoms with E-state index in [9.17, 15) is 14.4 Å². The van der Waals surface area contributed by atoms with Crippen LogP contribution >= 0.6 is 0 Å².